The van der Waals surface area contributed by atoms with Crippen LogP contribution in [0.5, 0.6) is 5.75 Å². The molecule has 1 fully saturated rings. The maximum Gasteiger partial charge on any atom is 0.119 e. The molecule has 0 unspecified atom stereocenters. The molecule has 1 aromatic carbocycles. The van der Waals surface area contributed by atoms with Crippen molar-refractivity contribution in [3.63, 3.8) is 0 Å². The van der Waals surface area contributed by atoms with Crippen LogP contribution in [-0.2, 0) is 4.74 Å². The average molecular weight is 250 g/mol. The molecule has 1 aliphatic heterocycles. The quantitative estimate of drug-likeness (QED) is 0.788. The molecule has 0 spiro atoms. The van der Waals surface area contributed by atoms with Crippen molar-refractivity contribution in [1.29, 1.82) is 0 Å². The smallest absolute Gasteiger partial charge is 0.119 e. The van der Waals surface area contributed by atoms with E-state index in [-0.39, 0.29) is 0 Å². The van der Waals surface area contributed by atoms with Gasteiger partial charge in [-0.2, -0.15) is 0 Å². The molecule has 100 valence electrons. The highest BCUT2D eigenvalue weighted by Gasteiger charge is 2.12. The molecule has 0 aromatic heterocycles. The minimum Gasteiger partial charge on any atom is -0.493 e. The Kier molecular flexibility index (Phi) is 5.02. The second kappa shape index (κ2) is 6.76. The van der Waals surface area contributed by atoms with Crippen molar-refractivity contribution in [2.45, 2.75) is 20.3 Å². The number of morpholine rings is 1. The van der Waals surface area contributed by atoms with Crippen molar-refractivity contribution >= 4 is 0 Å². The Morgan fingerprint density at radius 1 is 1.11 bits per heavy atom. The summed E-state index contributed by atoms with van der Waals surface area (Å²) >= 11 is 0. The van der Waals surface area contributed by atoms with Crippen LogP contribution < -0.4 is 9.64 Å². The van der Waals surface area contributed by atoms with Gasteiger partial charge in [0.15, 0.2) is 0 Å². The fourth-order valence-electron chi connectivity index (χ4n) is 2.44. The Labute approximate surface area is 110 Å². The fraction of sp³-hybridized carbons (Fsp3) is 0.600. The van der Waals surface area contributed by atoms with E-state index < -0.39 is 0 Å². The van der Waals surface area contributed by atoms with Crippen molar-refractivity contribution in [1.82, 2.24) is 0 Å². The minimum atomic E-state index is 0.813. The van der Waals surface area contributed by atoms with Crippen LogP contribution in [0.15, 0.2) is 18.2 Å². The van der Waals surface area contributed by atoms with Crippen LogP contribution in [0, 0.1) is 13.8 Å². The second-order valence-electron chi connectivity index (χ2n) is 5.14. The molecule has 1 aromatic rings. The van der Waals surface area contributed by atoms with E-state index in [1.54, 1.807) is 4.90 Å². The van der Waals surface area contributed by atoms with E-state index >= 15 is 0 Å². The first-order valence-corrected chi connectivity index (χ1v) is 6.86. The molecule has 1 heterocycles. The third kappa shape index (κ3) is 4.31. The molecule has 3 heteroatoms. The fourth-order valence-corrected chi connectivity index (χ4v) is 2.44. The van der Waals surface area contributed by atoms with Crippen LogP contribution in [0.2, 0.25) is 0 Å². The van der Waals surface area contributed by atoms with Gasteiger partial charge in [-0.1, -0.05) is 6.07 Å². The largest absolute Gasteiger partial charge is 0.493 e. The monoisotopic (exact) mass is 250 g/mol. The van der Waals surface area contributed by atoms with Gasteiger partial charge in [0.2, 0.25) is 0 Å². The van der Waals surface area contributed by atoms with Gasteiger partial charge in [-0.15, -0.1) is 0 Å². The summed E-state index contributed by atoms with van der Waals surface area (Å²) in [5.74, 6) is 1.00. The predicted molar refractivity (Wildman–Crippen MR) is 72.4 cm³/mol. The van der Waals surface area contributed by atoms with Gasteiger partial charge in [0.05, 0.1) is 26.4 Å². The molecule has 0 saturated carbocycles. The standard InChI is InChI=1S/C15H23NO2/c1-13-10-14(2)12-15(11-13)18-7-3-4-16-5-8-17-9-6-16/h10-12H,3-9H2,1-2H3/p+1. The third-order valence-electron chi connectivity index (χ3n) is 3.34. The van der Waals surface area contributed by atoms with Crippen LogP contribution in [0.3, 0.4) is 0 Å². The van der Waals surface area contributed by atoms with Gasteiger partial charge in [-0.25, -0.2) is 0 Å². The number of aryl methyl sites for hydroxylation is 2. The van der Waals surface area contributed by atoms with Crippen molar-refractivity contribution < 1.29 is 14.4 Å². The maximum absolute atomic E-state index is 5.81. The van der Waals surface area contributed by atoms with Gasteiger partial charge in [0, 0.05) is 6.42 Å². The molecule has 0 amide bonds. The molecule has 0 radical (unpaired) electrons. The normalized spacial score (nSPS) is 16.8. The van der Waals surface area contributed by atoms with Crippen molar-refractivity contribution in [3.8, 4) is 5.75 Å². The number of quaternary nitrogens is 1. The third-order valence-corrected chi connectivity index (χ3v) is 3.34. The highest BCUT2D eigenvalue weighted by Crippen LogP contribution is 2.16. The Morgan fingerprint density at radius 3 is 2.44 bits per heavy atom. The second-order valence-corrected chi connectivity index (χ2v) is 5.14. The molecular formula is C15H24NO2+. The van der Waals surface area contributed by atoms with Gasteiger partial charge >= 0.3 is 0 Å². The van der Waals surface area contributed by atoms with Crippen LogP contribution in [0.25, 0.3) is 0 Å². The summed E-state index contributed by atoms with van der Waals surface area (Å²) in [6.07, 6.45) is 1.11. The molecule has 3 nitrogen and oxygen atoms in total. The molecule has 0 atom stereocenters. The van der Waals surface area contributed by atoms with Gasteiger partial charge in [-0.3, -0.25) is 0 Å². The lowest BCUT2D eigenvalue weighted by Gasteiger charge is -2.23. The zero-order chi connectivity index (χ0) is 12.8. The zero-order valence-corrected chi connectivity index (χ0v) is 11.5. The lowest BCUT2D eigenvalue weighted by Crippen LogP contribution is -3.14. The first-order chi connectivity index (χ1) is 8.74. The molecule has 18 heavy (non-hydrogen) atoms. The highest BCUT2D eigenvalue weighted by atomic mass is 16.5. The van der Waals surface area contributed by atoms with E-state index in [4.69, 9.17) is 9.47 Å². The summed E-state index contributed by atoms with van der Waals surface area (Å²) in [6.45, 7) is 10.3. The molecule has 2 rings (SSSR count). The lowest BCUT2D eigenvalue weighted by atomic mass is 10.1. The number of hydrogen-bond donors (Lipinski definition) is 1. The number of rotatable bonds is 5. The summed E-state index contributed by atoms with van der Waals surface area (Å²) < 4.78 is 11.2. The molecule has 1 N–H and O–H groups in total. The molecule has 0 bridgehead atoms. The zero-order valence-electron chi connectivity index (χ0n) is 11.5. The summed E-state index contributed by atoms with van der Waals surface area (Å²) in [6, 6.07) is 6.38. The lowest BCUT2D eigenvalue weighted by molar-refractivity contribution is -0.908. The topological polar surface area (TPSA) is 22.9 Å². The number of nitrogens with one attached hydrogen (secondary N) is 1. The summed E-state index contributed by atoms with van der Waals surface area (Å²) in [5, 5.41) is 0. The molecule has 0 aliphatic carbocycles. The highest BCUT2D eigenvalue weighted by molar-refractivity contribution is 5.32. The Hall–Kier alpha value is -1.06. The summed E-state index contributed by atoms with van der Waals surface area (Å²) in [7, 11) is 0. The van der Waals surface area contributed by atoms with E-state index in [2.05, 4.69) is 32.0 Å². The predicted octanol–water partition coefficient (Wildman–Crippen LogP) is 0.987. The van der Waals surface area contributed by atoms with E-state index in [1.165, 1.54) is 17.7 Å². The summed E-state index contributed by atoms with van der Waals surface area (Å²) in [5.41, 5.74) is 2.53. The van der Waals surface area contributed by atoms with E-state index in [1.807, 2.05) is 0 Å². The van der Waals surface area contributed by atoms with Gasteiger partial charge < -0.3 is 14.4 Å². The van der Waals surface area contributed by atoms with Crippen molar-refractivity contribution in [2.24, 2.45) is 0 Å². The van der Waals surface area contributed by atoms with Crippen LogP contribution in [0.4, 0.5) is 0 Å². The first kappa shape index (κ1) is 13.4. The Bertz CT molecular complexity index is 353. The van der Waals surface area contributed by atoms with E-state index in [0.717, 1.165) is 45.1 Å². The number of ether oxygens (including phenoxy) is 2. The van der Waals surface area contributed by atoms with E-state index in [0.29, 0.717) is 0 Å². The summed E-state index contributed by atoms with van der Waals surface area (Å²) in [4.78, 5) is 1.64. The van der Waals surface area contributed by atoms with Crippen LogP contribution >= 0.6 is 0 Å². The number of hydrogen-bond acceptors (Lipinski definition) is 2. The first-order valence-electron chi connectivity index (χ1n) is 6.86. The molecular weight excluding hydrogens is 226 g/mol. The number of benzene rings is 1. The molecule has 1 aliphatic rings. The van der Waals surface area contributed by atoms with Gasteiger partial charge in [0.25, 0.3) is 0 Å². The Morgan fingerprint density at radius 2 is 1.78 bits per heavy atom. The Balaban J connectivity index is 1.68. The van der Waals surface area contributed by atoms with Crippen molar-refractivity contribution in [3.05, 3.63) is 29.3 Å². The SMILES string of the molecule is Cc1cc(C)cc(OCCC[NH+]2CCOCC2)c1. The van der Waals surface area contributed by atoms with Crippen molar-refractivity contribution in [2.75, 3.05) is 39.5 Å². The van der Waals surface area contributed by atoms with Gasteiger partial charge in [0.1, 0.15) is 18.8 Å². The molecule has 1 saturated heterocycles. The van der Waals surface area contributed by atoms with Gasteiger partial charge in [-0.05, 0) is 37.1 Å². The van der Waals surface area contributed by atoms with E-state index in [9.17, 15) is 0 Å². The minimum absolute atomic E-state index is 0.813. The van der Waals surface area contributed by atoms with Crippen LogP contribution in [-0.4, -0.2) is 39.5 Å². The maximum atomic E-state index is 5.81. The average Bonchev–Trinajstić information content (AvgIpc) is 2.35. The van der Waals surface area contributed by atoms with Crippen LogP contribution in [0.1, 0.15) is 17.5 Å².